The number of hydrogen-bond donors (Lipinski definition) is 1. The number of pyridine rings is 1. The molecule has 1 atom stereocenters. The number of morpholine rings is 1. The number of nitrogens with zero attached hydrogens (tertiary/aromatic N) is 4. The Hall–Kier alpha value is -2.41. The fraction of sp³-hybridized carbons (Fsp3) is 0.471. The molecule has 1 saturated heterocycles. The minimum atomic E-state index is -0.120. The third-order valence-electron chi connectivity index (χ3n) is 4.08. The fourth-order valence-corrected chi connectivity index (χ4v) is 2.76. The predicted octanol–water partition coefficient (Wildman–Crippen LogP) is 1.89. The van der Waals surface area contributed by atoms with Gasteiger partial charge < -0.3 is 15.0 Å². The fourth-order valence-electron chi connectivity index (χ4n) is 2.76. The minimum Gasteiger partial charge on any atom is -0.370 e. The van der Waals surface area contributed by atoms with Gasteiger partial charge in [0.15, 0.2) is 0 Å². The van der Waals surface area contributed by atoms with E-state index in [1.807, 2.05) is 37.0 Å². The summed E-state index contributed by atoms with van der Waals surface area (Å²) < 4.78 is 7.66. The van der Waals surface area contributed by atoms with Gasteiger partial charge >= 0.3 is 6.03 Å². The van der Waals surface area contributed by atoms with Crippen LogP contribution < -0.4 is 5.32 Å². The van der Waals surface area contributed by atoms with Gasteiger partial charge in [-0.05, 0) is 25.0 Å². The average Bonchev–Trinajstić information content (AvgIpc) is 3.09. The van der Waals surface area contributed by atoms with Gasteiger partial charge in [-0.2, -0.15) is 5.10 Å². The van der Waals surface area contributed by atoms with Crippen LogP contribution in [0.15, 0.2) is 30.9 Å². The lowest BCUT2D eigenvalue weighted by Crippen LogP contribution is -2.46. The number of ether oxygens (including phenoxy) is 1. The Morgan fingerprint density at radius 3 is 3.04 bits per heavy atom. The summed E-state index contributed by atoms with van der Waals surface area (Å²) in [6, 6.07) is 1.95. The van der Waals surface area contributed by atoms with Crippen LogP contribution in [0.5, 0.6) is 0 Å². The lowest BCUT2D eigenvalue weighted by molar-refractivity contribution is -0.0155. The second-order valence-electron chi connectivity index (χ2n) is 5.96. The maximum absolute atomic E-state index is 12.4. The van der Waals surface area contributed by atoms with E-state index in [4.69, 9.17) is 4.74 Å². The normalized spacial score (nSPS) is 17.8. The maximum atomic E-state index is 12.4. The summed E-state index contributed by atoms with van der Waals surface area (Å²) in [5, 5.41) is 7.23. The molecule has 1 aliphatic heterocycles. The Morgan fingerprint density at radius 2 is 2.29 bits per heavy atom. The smallest absolute Gasteiger partial charge is 0.317 e. The number of urea groups is 1. The number of amides is 2. The molecule has 1 unspecified atom stereocenters. The van der Waals surface area contributed by atoms with E-state index in [0.717, 1.165) is 23.2 Å². The molecule has 7 nitrogen and oxygen atoms in total. The molecule has 0 saturated carbocycles. The molecule has 2 amide bonds. The molecule has 3 heterocycles. The molecule has 1 fully saturated rings. The Balaban J connectivity index is 1.56. The van der Waals surface area contributed by atoms with Crippen LogP contribution >= 0.6 is 0 Å². The molecule has 128 valence electrons. The minimum absolute atomic E-state index is 0.0762. The highest BCUT2D eigenvalue weighted by molar-refractivity contribution is 5.74. The molecule has 7 heteroatoms. The summed E-state index contributed by atoms with van der Waals surface area (Å²) >= 11 is 0. The van der Waals surface area contributed by atoms with Crippen molar-refractivity contribution in [2.75, 3.05) is 19.7 Å². The summed E-state index contributed by atoms with van der Waals surface area (Å²) in [6.45, 7) is 6.98. The Morgan fingerprint density at radius 1 is 1.42 bits per heavy atom. The highest BCUT2D eigenvalue weighted by Gasteiger charge is 2.26. The van der Waals surface area contributed by atoms with Gasteiger partial charge in [-0.25, -0.2) is 4.79 Å². The van der Waals surface area contributed by atoms with Crippen molar-refractivity contribution in [3.8, 4) is 0 Å². The summed E-state index contributed by atoms with van der Waals surface area (Å²) in [6.07, 6.45) is 7.24. The molecule has 24 heavy (non-hydrogen) atoms. The first-order valence-corrected chi connectivity index (χ1v) is 8.23. The van der Waals surface area contributed by atoms with Crippen LogP contribution in [0, 0.1) is 6.92 Å². The van der Waals surface area contributed by atoms with Crippen LogP contribution in [0.2, 0.25) is 0 Å². The summed E-state index contributed by atoms with van der Waals surface area (Å²) in [5.41, 5.74) is 3.09. The van der Waals surface area contributed by atoms with Crippen molar-refractivity contribution in [2.45, 2.75) is 33.0 Å². The van der Waals surface area contributed by atoms with E-state index in [9.17, 15) is 4.79 Å². The number of aryl methyl sites for hydroxylation is 2. The molecule has 0 aromatic carbocycles. The molecule has 3 rings (SSSR count). The van der Waals surface area contributed by atoms with E-state index in [1.165, 1.54) is 0 Å². The van der Waals surface area contributed by atoms with Gasteiger partial charge in [0.2, 0.25) is 0 Å². The van der Waals surface area contributed by atoms with Gasteiger partial charge in [-0.15, -0.1) is 0 Å². The number of rotatable bonds is 4. The number of carbonyl (C=O) groups excluding carboxylic acids is 1. The van der Waals surface area contributed by atoms with Crippen LogP contribution in [0.25, 0.3) is 0 Å². The zero-order chi connectivity index (χ0) is 16.9. The van der Waals surface area contributed by atoms with E-state index >= 15 is 0 Å². The topological polar surface area (TPSA) is 72.3 Å². The van der Waals surface area contributed by atoms with Gasteiger partial charge in [0.1, 0.15) is 6.10 Å². The number of nitrogens with one attached hydrogen (secondary N) is 1. The Kier molecular flexibility index (Phi) is 5.10. The van der Waals surface area contributed by atoms with Crippen molar-refractivity contribution in [1.29, 1.82) is 0 Å². The first kappa shape index (κ1) is 16.4. The van der Waals surface area contributed by atoms with Crippen LogP contribution in [0.3, 0.4) is 0 Å². The van der Waals surface area contributed by atoms with Gasteiger partial charge in [0.25, 0.3) is 0 Å². The molecule has 0 bridgehead atoms. The number of hydrogen-bond acceptors (Lipinski definition) is 4. The highest BCUT2D eigenvalue weighted by Crippen LogP contribution is 2.21. The van der Waals surface area contributed by atoms with Crippen LogP contribution in [0.4, 0.5) is 4.79 Å². The van der Waals surface area contributed by atoms with E-state index in [0.29, 0.717) is 26.2 Å². The molecule has 0 radical (unpaired) electrons. The number of carbonyl (C=O) groups is 1. The molecule has 1 N–H and O–H groups in total. The molecule has 2 aromatic rings. The predicted molar refractivity (Wildman–Crippen MR) is 89.4 cm³/mol. The van der Waals surface area contributed by atoms with Crippen LogP contribution in [-0.4, -0.2) is 45.4 Å². The largest absolute Gasteiger partial charge is 0.370 e. The summed E-state index contributed by atoms with van der Waals surface area (Å²) in [7, 11) is 0. The SMILES string of the molecule is CCn1cc(C2CN(C(=O)NCc3cncc(C)c3)CCO2)cn1. The van der Waals surface area contributed by atoms with E-state index in [2.05, 4.69) is 15.4 Å². The molecular weight excluding hydrogens is 306 g/mol. The summed E-state index contributed by atoms with van der Waals surface area (Å²) in [5.74, 6) is 0. The molecular formula is C17H23N5O2. The van der Waals surface area contributed by atoms with Gasteiger partial charge in [-0.3, -0.25) is 9.67 Å². The molecule has 1 aliphatic rings. The molecule has 0 aliphatic carbocycles. The third-order valence-corrected chi connectivity index (χ3v) is 4.08. The Labute approximate surface area is 141 Å². The number of aromatic nitrogens is 3. The molecule has 0 spiro atoms. The van der Waals surface area contributed by atoms with Crippen molar-refractivity contribution in [3.63, 3.8) is 0 Å². The average molecular weight is 329 g/mol. The zero-order valence-corrected chi connectivity index (χ0v) is 14.1. The van der Waals surface area contributed by atoms with Gasteiger partial charge in [0, 0.05) is 43.8 Å². The van der Waals surface area contributed by atoms with Crippen molar-refractivity contribution in [3.05, 3.63) is 47.5 Å². The van der Waals surface area contributed by atoms with Crippen LogP contribution in [-0.2, 0) is 17.8 Å². The summed E-state index contributed by atoms with van der Waals surface area (Å²) in [4.78, 5) is 18.3. The van der Waals surface area contributed by atoms with Crippen molar-refractivity contribution in [2.24, 2.45) is 0 Å². The molecule has 2 aromatic heterocycles. The van der Waals surface area contributed by atoms with E-state index in [-0.39, 0.29) is 12.1 Å². The first-order valence-electron chi connectivity index (χ1n) is 8.23. The third kappa shape index (κ3) is 3.91. The highest BCUT2D eigenvalue weighted by atomic mass is 16.5. The van der Waals surface area contributed by atoms with Crippen molar-refractivity contribution < 1.29 is 9.53 Å². The maximum Gasteiger partial charge on any atom is 0.317 e. The monoisotopic (exact) mass is 329 g/mol. The Bertz CT molecular complexity index is 700. The lowest BCUT2D eigenvalue weighted by atomic mass is 10.1. The first-order chi connectivity index (χ1) is 11.7. The van der Waals surface area contributed by atoms with Gasteiger partial charge in [0.05, 0.1) is 19.3 Å². The van der Waals surface area contributed by atoms with Crippen LogP contribution in [0.1, 0.15) is 29.7 Å². The second-order valence-corrected chi connectivity index (χ2v) is 5.96. The van der Waals surface area contributed by atoms with E-state index in [1.54, 1.807) is 17.3 Å². The second kappa shape index (κ2) is 7.44. The van der Waals surface area contributed by atoms with Crippen molar-refractivity contribution in [1.82, 2.24) is 25.0 Å². The zero-order valence-electron chi connectivity index (χ0n) is 14.1. The van der Waals surface area contributed by atoms with Gasteiger partial charge in [-0.1, -0.05) is 6.07 Å². The standard InChI is InChI=1S/C17H23N5O2/c1-3-22-11-15(10-20-22)16-12-21(4-5-24-16)17(23)19-9-14-6-13(2)7-18-8-14/h6-8,10-11,16H,3-5,9,12H2,1-2H3,(H,19,23). The van der Waals surface area contributed by atoms with E-state index < -0.39 is 0 Å². The quantitative estimate of drug-likeness (QED) is 0.930. The van der Waals surface area contributed by atoms with Crippen molar-refractivity contribution >= 4 is 6.03 Å². The lowest BCUT2D eigenvalue weighted by Gasteiger charge is -2.32.